The van der Waals surface area contributed by atoms with Gasteiger partial charge in [-0.15, -0.1) is 12.4 Å². The second-order valence-corrected chi connectivity index (χ2v) is 7.02. The lowest BCUT2D eigenvalue weighted by Gasteiger charge is -2.28. The molecule has 1 atom stereocenters. The molecule has 1 aromatic carbocycles. The Morgan fingerprint density at radius 2 is 1.88 bits per heavy atom. The first-order valence-corrected chi connectivity index (χ1v) is 8.79. The van der Waals surface area contributed by atoms with Crippen molar-refractivity contribution < 1.29 is 14.3 Å². The van der Waals surface area contributed by atoms with E-state index in [1.54, 1.807) is 0 Å². The first kappa shape index (κ1) is 22.4. The normalized spacial score (nSPS) is 16.5. The molecule has 0 saturated heterocycles. The Bertz CT molecular complexity index is 630. The van der Waals surface area contributed by atoms with E-state index < -0.39 is 11.5 Å². The van der Waals surface area contributed by atoms with Crippen molar-refractivity contribution in [2.45, 2.75) is 45.6 Å². The topological polar surface area (TPSA) is 93.4 Å². The molecule has 4 N–H and O–H groups in total. The van der Waals surface area contributed by atoms with Crippen molar-refractivity contribution in [3.63, 3.8) is 0 Å². The summed E-state index contributed by atoms with van der Waals surface area (Å²) >= 11 is 0. The highest BCUT2D eigenvalue weighted by Gasteiger charge is 2.41. The molecular weight excluding hydrogens is 354 g/mol. The average molecular weight is 384 g/mol. The molecule has 2 amide bonds. The number of halogens is 1. The van der Waals surface area contributed by atoms with E-state index in [2.05, 4.69) is 10.6 Å². The van der Waals surface area contributed by atoms with Gasteiger partial charge < -0.3 is 21.1 Å². The van der Waals surface area contributed by atoms with Gasteiger partial charge in [0.2, 0.25) is 11.8 Å². The number of aryl methyl sites for hydroxylation is 2. The zero-order valence-corrected chi connectivity index (χ0v) is 16.6. The van der Waals surface area contributed by atoms with Crippen molar-refractivity contribution in [1.29, 1.82) is 0 Å². The molecular formula is C19H30ClN3O3. The third-order valence-electron chi connectivity index (χ3n) is 5.09. The molecule has 1 aliphatic rings. The Labute approximate surface area is 161 Å². The first-order chi connectivity index (χ1) is 11.9. The molecule has 0 spiro atoms. The molecule has 1 unspecified atom stereocenters. The van der Waals surface area contributed by atoms with Gasteiger partial charge in [-0.2, -0.15) is 0 Å². The number of nitrogens with two attached hydrogens (primary N) is 1. The van der Waals surface area contributed by atoms with Crippen molar-refractivity contribution in [1.82, 2.24) is 5.32 Å². The van der Waals surface area contributed by atoms with Crippen LogP contribution in [0.2, 0.25) is 0 Å². The van der Waals surface area contributed by atoms with Crippen LogP contribution >= 0.6 is 12.4 Å². The Balaban J connectivity index is 0.00000338. The summed E-state index contributed by atoms with van der Waals surface area (Å²) in [5.74, 6) is -0.319. The van der Waals surface area contributed by atoms with Crippen LogP contribution in [-0.4, -0.2) is 38.1 Å². The van der Waals surface area contributed by atoms with Crippen molar-refractivity contribution >= 4 is 29.9 Å². The number of nitrogens with one attached hydrogen (secondary N) is 2. The number of carbonyl (C=O) groups excluding carboxylic acids is 2. The highest BCUT2D eigenvalue weighted by Crippen LogP contribution is 2.38. The maximum absolute atomic E-state index is 12.9. The van der Waals surface area contributed by atoms with Crippen molar-refractivity contribution in [3.8, 4) is 0 Å². The summed E-state index contributed by atoms with van der Waals surface area (Å²) in [4.78, 5) is 25.0. The quantitative estimate of drug-likeness (QED) is 0.673. The molecule has 0 bridgehead atoms. The van der Waals surface area contributed by atoms with Gasteiger partial charge in [0.1, 0.15) is 6.04 Å². The van der Waals surface area contributed by atoms with Gasteiger partial charge in [-0.05, 0) is 49.9 Å². The summed E-state index contributed by atoms with van der Waals surface area (Å²) < 4.78 is 4.90. The lowest BCUT2D eigenvalue weighted by atomic mass is 9.84. The average Bonchev–Trinajstić information content (AvgIpc) is 3.06. The minimum Gasteiger partial charge on any atom is -0.383 e. The van der Waals surface area contributed by atoms with Crippen molar-refractivity contribution in [2.24, 2.45) is 11.1 Å². The molecule has 2 rings (SSSR count). The standard InChI is InChI=1S/C19H29N3O3.ClH/c1-13-6-7-15(10-14(13)2)22-18(24)19(8-4-5-9-19)12-21-17(23)16(20)11-25-3;/h6-7,10,16H,4-5,8-9,11-12,20H2,1-3H3,(H,21,23)(H,22,24);1H. The van der Waals surface area contributed by atoms with Crippen LogP contribution in [0.4, 0.5) is 5.69 Å². The van der Waals surface area contributed by atoms with Crippen LogP contribution in [0.5, 0.6) is 0 Å². The first-order valence-electron chi connectivity index (χ1n) is 8.79. The number of methoxy groups -OCH3 is 1. The molecule has 26 heavy (non-hydrogen) atoms. The fourth-order valence-corrected chi connectivity index (χ4v) is 3.26. The van der Waals surface area contributed by atoms with Gasteiger partial charge in [0.25, 0.3) is 0 Å². The molecule has 0 radical (unpaired) electrons. The van der Waals surface area contributed by atoms with Gasteiger partial charge >= 0.3 is 0 Å². The lowest BCUT2D eigenvalue weighted by molar-refractivity contribution is -0.127. The predicted octanol–water partition coefficient (Wildman–Crippen LogP) is 2.31. The van der Waals surface area contributed by atoms with Crippen LogP contribution in [0.1, 0.15) is 36.8 Å². The van der Waals surface area contributed by atoms with Crippen LogP contribution in [0.3, 0.4) is 0 Å². The van der Waals surface area contributed by atoms with Gasteiger partial charge in [0, 0.05) is 19.3 Å². The SMILES string of the molecule is COCC(N)C(=O)NCC1(C(=O)Nc2ccc(C)c(C)c2)CCCC1.Cl. The minimum atomic E-state index is -0.716. The van der Waals surface area contributed by atoms with Crippen LogP contribution < -0.4 is 16.4 Å². The maximum atomic E-state index is 12.9. The Kier molecular flexibility index (Phi) is 8.53. The van der Waals surface area contributed by atoms with Gasteiger partial charge in [-0.25, -0.2) is 0 Å². The smallest absolute Gasteiger partial charge is 0.239 e. The molecule has 1 aliphatic carbocycles. The number of anilines is 1. The van der Waals surface area contributed by atoms with Crippen LogP contribution in [0, 0.1) is 19.3 Å². The zero-order valence-electron chi connectivity index (χ0n) is 15.8. The molecule has 0 aromatic heterocycles. The molecule has 7 heteroatoms. The molecule has 6 nitrogen and oxygen atoms in total. The summed E-state index contributed by atoms with van der Waals surface area (Å²) in [6.45, 7) is 4.53. The van der Waals surface area contributed by atoms with E-state index in [-0.39, 0.29) is 30.8 Å². The van der Waals surface area contributed by atoms with Crippen LogP contribution in [0.25, 0.3) is 0 Å². The molecule has 1 aromatic rings. The molecule has 0 aliphatic heterocycles. The van der Waals surface area contributed by atoms with E-state index in [0.717, 1.165) is 36.9 Å². The van der Waals surface area contributed by atoms with E-state index in [9.17, 15) is 9.59 Å². The second kappa shape index (κ2) is 9.90. The maximum Gasteiger partial charge on any atom is 0.239 e. The molecule has 0 heterocycles. The third-order valence-corrected chi connectivity index (χ3v) is 5.09. The van der Waals surface area contributed by atoms with E-state index in [1.807, 2.05) is 32.0 Å². The molecule has 146 valence electrons. The van der Waals surface area contributed by atoms with E-state index in [0.29, 0.717) is 6.54 Å². The van der Waals surface area contributed by atoms with Crippen LogP contribution in [0.15, 0.2) is 18.2 Å². The van der Waals surface area contributed by atoms with Gasteiger partial charge in [0.05, 0.1) is 12.0 Å². The van der Waals surface area contributed by atoms with Crippen molar-refractivity contribution in [2.75, 3.05) is 25.6 Å². The number of hydrogen-bond acceptors (Lipinski definition) is 4. The highest BCUT2D eigenvalue weighted by molar-refractivity contribution is 5.96. The summed E-state index contributed by atoms with van der Waals surface area (Å²) in [5.41, 5.74) is 8.30. The van der Waals surface area contributed by atoms with Gasteiger partial charge in [-0.1, -0.05) is 18.9 Å². The second-order valence-electron chi connectivity index (χ2n) is 7.02. The van der Waals surface area contributed by atoms with E-state index in [4.69, 9.17) is 10.5 Å². The predicted molar refractivity (Wildman–Crippen MR) is 106 cm³/mol. The Hall–Kier alpha value is -1.63. The number of hydrogen-bond donors (Lipinski definition) is 3. The minimum absolute atomic E-state index is 0. The number of amides is 2. The Morgan fingerprint density at radius 1 is 1.23 bits per heavy atom. The molecule has 1 saturated carbocycles. The fourth-order valence-electron chi connectivity index (χ4n) is 3.26. The zero-order chi connectivity index (χ0) is 18.4. The lowest BCUT2D eigenvalue weighted by Crippen LogP contribution is -2.49. The fraction of sp³-hybridized carbons (Fsp3) is 0.579. The molecule has 1 fully saturated rings. The van der Waals surface area contributed by atoms with Gasteiger partial charge in [0.15, 0.2) is 0 Å². The van der Waals surface area contributed by atoms with E-state index in [1.165, 1.54) is 12.7 Å². The van der Waals surface area contributed by atoms with Crippen molar-refractivity contribution in [3.05, 3.63) is 29.3 Å². The number of benzene rings is 1. The van der Waals surface area contributed by atoms with Gasteiger partial charge in [-0.3, -0.25) is 9.59 Å². The highest BCUT2D eigenvalue weighted by atomic mass is 35.5. The monoisotopic (exact) mass is 383 g/mol. The number of carbonyl (C=O) groups is 2. The summed E-state index contributed by atoms with van der Waals surface area (Å²) in [5, 5.41) is 5.86. The largest absolute Gasteiger partial charge is 0.383 e. The van der Waals surface area contributed by atoms with Crippen LogP contribution in [-0.2, 0) is 14.3 Å². The number of rotatable bonds is 7. The summed E-state index contributed by atoms with van der Waals surface area (Å²) in [7, 11) is 1.50. The number of ether oxygens (including phenoxy) is 1. The Morgan fingerprint density at radius 3 is 2.46 bits per heavy atom. The summed E-state index contributed by atoms with van der Waals surface area (Å²) in [6, 6.07) is 5.17. The third kappa shape index (κ3) is 5.43. The summed E-state index contributed by atoms with van der Waals surface area (Å²) in [6.07, 6.45) is 3.51. The van der Waals surface area contributed by atoms with E-state index >= 15 is 0 Å².